The molecule has 1 rings (SSSR count). The zero-order valence-corrected chi connectivity index (χ0v) is 11.1. The van der Waals surface area contributed by atoms with E-state index in [0.29, 0.717) is 12.8 Å². The quantitative estimate of drug-likeness (QED) is 0.617. The molecule has 110 valence electrons. The molecule has 0 bridgehead atoms. The van der Waals surface area contributed by atoms with Gasteiger partial charge in [0.15, 0.2) is 0 Å². The molecule has 0 saturated carbocycles. The van der Waals surface area contributed by atoms with Gasteiger partial charge in [-0.1, -0.05) is 0 Å². The first kappa shape index (κ1) is 15.8. The van der Waals surface area contributed by atoms with Crippen molar-refractivity contribution in [3.05, 3.63) is 0 Å². The van der Waals surface area contributed by atoms with Crippen molar-refractivity contribution in [2.24, 2.45) is 0 Å². The highest BCUT2D eigenvalue weighted by atomic mass is 19.3. The molecular weight excluding hydrogens is 260 g/mol. The second kappa shape index (κ2) is 5.81. The molecule has 1 saturated heterocycles. The predicted octanol–water partition coefficient (Wildman–Crippen LogP) is 0.948. The Hall–Kier alpha value is -1.24. The lowest BCUT2D eigenvalue weighted by Gasteiger charge is -2.25. The van der Waals surface area contributed by atoms with Gasteiger partial charge in [0.05, 0.1) is 12.2 Å². The molecule has 1 amide bonds. The van der Waals surface area contributed by atoms with Crippen molar-refractivity contribution in [2.75, 3.05) is 19.7 Å². The fourth-order valence-electron chi connectivity index (χ4n) is 1.97. The Bertz CT molecular complexity index is 358. The van der Waals surface area contributed by atoms with Gasteiger partial charge < -0.3 is 14.7 Å². The number of carbonyl (C=O) groups is 2. The van der Waals surface area contributed by atoms with Crippen molar-refractivity contribution in [3.8, 4) is 0 Å². The SMILES string of the molecule is CCOC(=O)C(F)(F)C(=O)N1CCCC(C)(O)CC1. The average Bonchev–Trinajstić information content (AvgIpc) is 2.49. The summed E-state index contributed by atoms with van der Waals surface area (Å²) in [6.45, 7) is 2.88. The van der Waals surface area contributed by atoms with E-state index in [1.54, 1.807) is 6.92 Å². The van der Waals surface area contributed by atoms with Crippen LogP contribution in [0.5, 0.6) is 0 Å². The summed E-state index contributed by atoms with van der Waals surface area (Å²) in [6.07, 6.45) is 1.05. The van der Waals surface area contributed by atoms with Crippen LogP contribution in [0.25, 0.3) is 0 Å². The van der Waals surface area contributed by atoms with Crippen molar-refractivity contribution in [3.63, 3.8) is 0 Å². The van der Waals surface area contributed by atoms with E-state index in [4.69, 9.17) is 0 Å². The second-order valence-corrected chi connectivity index (χ2v) is 4.94. The molecule has 0 radical (unpaired) electrons. The van der Waals surface area contributed by atoms with Gasteiger partial charge >= 0.3 is 17.8 Å². The van der Waals surface area contributed by atoms with E-state index in [9.17, 15) is 23.5 Å². The number of hydrogen-bond donors (Lipinski definition) is 1. The van der Waals surface area contributed by atoms with E-state index in [1.165, 1.54) is 6.92 Å². The van der Waals surface area contributed by atoms with Gasteiger partial charge in [0.2, 0.25) is 0 Å². The number of hydrogen-bond acceptors (Lipinski definition) is 4. The topological polar surface area (TPSA) is 66.8 Å². The predicted molar refractivity (Wildman–Crippen MR) is 62.6 cm³/mol. The smallest absolute Gasteiger partial charge is 0.419 e. The summed E-state index contributed by atoms with van der Waals surface area (Å²) in [5.41, 5.74) is -0.964. The Labute approximate surface area is 110 Å². The van der Waals surface area contributed by atoms with Crippen molar-refractivity contribution in [1.29, 1.82) is 0 Å². The number of amides is 1. The molecule has 1 atom stereocenters. The zero-order valence-electron chi connectivity index (χ0n) is 11.1. The number of carbonyl (C=O) groups excluding carboxylic acids is 2. The molecule has 7 heteroatoms. The Morgan fingerprint density at radius 2 is 2.00 bits per heavy atom. The molecule has 1 heterocycles. The Morgan fingerprint density at radius 1 is 1.37 bits per heavy atom. The molecule has 0 aromatic heterocycles. The number of nitrogens with zero attached hydrogens (tertiary/aromatic N) is 1. The first-order chi connectivity index (χ1) is 8.70. The average molecular weight is 279 g/mol. The van der Waals surface area contributed by atoms with Crippen LogP contribution in [0.2, 0.25) is 0 Å². The fourth-order valence-corrected chi connectivity index (χ4v) is 1.97. The maximum Gasteiger partial charge on any atom is 0.419 e. The van der Waals surface area contributed by atoms with Gasteiger partial charge in [-0.2, -0.15) is 8.78 Å². The molecule has 0 aromatic carbocycles. The first-order valence-electron chi connectivity index (χ1n) is 6.27. The number of rotatable bonds is 3. The van der Waals surface area contributed by atoms with Crippen molar-refractivity contribution in [2.45, 2.75) is 44.6 Å². The molecular formula is C12H19F2NO4. The summed E-state index contributed by atoms with van der Waals surface area (Å²) in [5.74, 6) is -7.54. The highest BCUT2D eigenvalue weighted by Crippen LogP contribution is 2.25. The maximum atomic E-state index is 13.6. The summed E-state index contributed by atoms with van der Waals surface area (Å²) in [6, 6.07) is 0. The Kier molecular flexibility index (Phi) is 4.84. The normalized spacial score (nSPS) is 24.8. The Balaban J connectivity index is 2.74. The lowest BCUT2D eigenvalue weighted by atomic mass is 9.98. The van der Waals surface area contributed by atoms with Crippen LogP contribution in [-0.4, -0.2) is 53.1 Å². The lowest BCUT2D eigenvalue weighted by molar-refractivity contribution is -0.182. The highest BCUT2D eigenvalue weighted by molar-refractivity contribution is 6.04. The summed E-state index contributed by atoms with van der Waals surface area (Å²) < 4.78 is 31.4. The van der Waals surface area contributed by atoms with E-state index in [-0.39, 0.29) is 26.1 Å². The Morgan fingerprint density at radius 3 is 2.58 bits per heavy atom. The fraction of sp³-hybridized carbons (Fsp3) is 0.833. The van der Waals surface area contributed by atoms with Gasteiger partial charge in [-0.05, 0) is 33.1 Å². The molecule has 5 nitrogen and oxygen atoms in total. The molecule has 1 N–H and O–H groups in total. The maximum absolute atomic E-state index is 13.6. The van der Waals surface area contributed by atoms with Crippen LogP contribution in [0.4, 0.5) is 8.78 Å². The molecule has 1 aliphatic heterocycles. The standard InChI is InChI=1S/C12H19F2NO4/c1-3-19-10(17)12(13,14)9(16)15-7-4-5-11(2,18)6-8-15/h18H,3-8H2,1-2H3. The third-order valence-corrected chi connectivity index (χ3v) is 3.15. The minimum Gasteiger partial charge on any atom is -0.461 e. The van der Waals surface area contributed by atoms with E-state index in [0.717, 1.165) is 4.90 Å². The van der Waals surface area contributed by atoms with Crippen LogP contribution in [0.1, 0.15) is 33.1 Å². The number of aliphatic hydroxyl groups is 1. The van der Waals surface area contributed by atoms with E-state index in [2.05, 4.69) is 4.74 Å². The number of halogens is 2. The van der Waals surface area contributed by atoms with Gasteiger partial charge in [-0.3, -0.25) is 4.79 Å². The minimum atomic E-state index is -4.16. The van der Waals surface area contributed by atoms with Crippen LogP contribution >= 0.6 is 0 Å². The van der Waals surface area contributed by atoms with Crippen molar-refractivity contribution < 1.29 is 28.2 Å². The summed E-state index contributed by atoms with van der Waals surface area (Å²) in [7, 11) is 0. The summed E-state index contributed by atoms with van der Waals surface area (Å²) in [5, 5.41) is 9.83. The van der Waals surface area contributed by atoms with Crippen molar-refractivity contribution in [1.82, 2.24) is 4.90 Å². The minimum absolute atomic E-state index is 0.000822. The molecule has 0 aliphatic carbocycles. The van der Waals surface area contributed by atoms with E-state index >= 15 is 0 Å². The van der Waals surface area contributed by atoms with Crippen LogP contribution in [0, 0.1) is 0 Å². The van der Waals surface area contributed by atoms with E-state index < -0.39 is 23.4 Å². The first-order valence-corrected chi connectivity index (χ1v) is 6.27. The molecule has 1 aliphatic rings. The van der Waals surface area contributed by atoms with Crippen LogP contribution in [0.3, 0.4) is 0 Å². The second-order valence-electron chi connectivity index (χ2n) is 4.94. The molecule has 0 spiro atoms. The van der Waals surface area contributed by atoms with Crippen LogP contribution in [-0.2, 0) is 14.3 Å². The van der Waals surface area contributed by atoms with E-state index in [1.807, 2.05) is 0 Å². The number of alkyl halides is 2. The highest BCUT2D eigenvalue weighted by Gasteiger charge is 2.51. The van der Waals surface area contributed by atoms with Crippen molar-refractivity contribution >= 4 is 11.9 Å². The summed E-state index contributed by atoms with van der Waals surface area (Å²) in [4.78, 5) is 23.7. The third-order valence-electron chi connectivity index (χ3n) is 3.15. The molecule has 19 heavy (non-hydrogen) atoms. The van der Waals surface area contributed by atoms with Gasteiger partial charge in [0, 0.05) is 13.1 Å². The molecule has 1 unspecified atom stereocenters. The van der Waals surface area contributed by atoms with Gasteiger partial charge in [0.25, 0.3) is 0 Å². The third kappa shape index (κ3) is 3.86. The molecule has 1 fully saturated rings. The van der Waals surface area contributed by atoms with Crippen LogP contribution < -0.4 is 0 Å². The van der Waals surface area contributed by atoms with Gasteiger partial charge in [-0.25, -0.2) is 4.79 Å². The summed E-state index contributed by atoms with van der Waals surface area (Å²) >= 11 is 0. The largest absolute Gasteiger partial charge is 0.461 e. The number of esters is 1. The number of ether oxygens (including phenoxy) is 1. The number of likely N-dealkylation sites (tertiary alicyclic amines) is 1. The van der Waals surface area contributed by atoms with Gasteiger partial charge in [-0.15, -0.1) is 0 Å². The molecule has 0 aromatic rings. The van der Waals surface area contributed by atoms with Gasteiger partial charge in [0.1, 0.15) is 0 Å². The monoisotopic (exact) mass is 279 g/mol. The zero-order chi connectivity index (χ0) is 14.7. The lowest BCUT2D eigenvalue weighted by Crippen LogP contribution is -2.49. The van der Waals surface area contributed by atoms with Crippen LogP contribution in [0.15, 0.2) is 0 Å².